The highest BCUT2D eigenvalue weighted by atomic mass is 19.4. The second-order valence-electron chi connectivity index (χ2n) is 4.71. The Morgan fingerprint density at radius 3 is 2.24 bits per heavy atom. The van der Waals surface area contributed by atoms with Crippen molar-refractivity contribution in [3.05, 3.63) is 41.7 Å². The van der Waals surface area contributed by atoms with Gasteiger partial charge in [0, 0.05) is 5.41 Å². The van der Waals surface area contributed by atoms with Crippen LogP contribution in [0, 0.1) is 0 Å². The van der Waals surface area contributed by atoms with Gasteiger partial charge in [0.25, 0.3) is 0 Å². The van der Waals surface area contributed by atoms with E-state index in [1.807, 2.05) is 0 Å². The standard InChI is InChI=1S/C14H12F4O3/c1-20-12(19)11(15)8-13(6-7-13)9-2-4-10(5-3-9)21-14(16,17)18/h2-5,8H,6-7H2,1H3. The molecule has 1 aromatic rings. The van der Waals surface area contributed by atoms with E-state index in [4.69, 9.17) is 0 Å². The average molecular weight is 304 g/mol. The van der Waals surface area contributed by atoms with Crippen LogP contribution in [0.5, 0.6) is 5.75 Å². The van der Waals surface area contributed by atoms with Gasteiger partial charge in [-0.15, -0.1) is 13.2 Å². The van der Waals surface area contributed by atoms with Gasteiger partial charge in [-0.05, 0) is 36.6 Å². The smallest absolute Gasteiger partial charge is 0.464 e. The highest BCUT2D eigenvalue weighted by Gasteiger charge is 2.43. The van der Waals surface area contributed by atoms with Crippen LogP contribution in [0.2, 0.25) is 0 Å². The lowest BCUT2D eigenvalue weighted by atomic mass is 9.95. The maximum Gasteiger partial charge on any atom is 0.573 e. The van der Waals surface area contributed by atoms with Crippen molar-refractivity contribution in [3.63, 3.8) is 0 Å². The lowest BCUT2D eigenvalue weighted by molar-refractivity contribution is -0.274. The molecule has 1 fully saturated rings. The number of rotatable bonds is 4. The topological polar surface area (TPSA) is 35.5 Å². The van der Waals surface area contributed by atoms with Gasteiger partial charge in [0.15, 0.2) is 0 Å². The normalized spacial score (nSPS) is 17.3. The lowest BCUT2D eigenvalue weighted by Crippen LogP contribution is -2.17. The van der Waals surface area contributed by atoms with Crippen molar-refractivity contribution in [3.8, 4) is 5.75 Å². The number of esters is 1. The molecule has 2 rings (SSSR count). The quantitative estimate of drug-likeness (QED) is 0.484. The van der Waals surface area contributed by atoms with E-state index in [1.165, 1.54) is 12.1 Å². The Labute approximate surface area is 118 Å². The molecule has 114 valence electrons. The average Bonchev–Trinajstić information content (AvgIpc) is 3.17. The number of benzene rings is 1. The highest BCUT2D eigenvalue weighted by molar-refractivity contribution is 5.86. The molecular weight excluding hydrogens is 292 g/mol. The molecule has 0 bridgehead atoms. The van der Waals surface area contributed by atoms with Crippen LogP contribution >= 0.6 is 0 Å². The van der Waals surface area contributed by atoms with E-state index in [0.29, 0.717) is 18.4 Å². The molecule has 3 nitrogen and oxygen atoms in total. The fourth-order valence-corrected chi connectivity index (χ4v) is 2.04. The van der Waals surface area contributed by atoms with Gasteiger partial charge in [0.1, 0.15) is 5.75 Å². The number of methoxy groups -OCH3 is 1. The molecule has 0 aliphatic heterocycles. The van der Waals surface area contributed by atoms with Crippen LogP contribution in [0.15, 0.2) is 36.2 Å². The summed E-state index contributed by atoms with van der Waals surface area (Å²) in [7, 11) is 1.07. The zero-order chi connectivity index (χ0) is 15.7. The number of halogens is 4. The van der Waals surface area contributed by atoms with E-state index in [0.717, 1.165) is 25.3 Å². The van der Waals surface area contributed by atoms with Crippen LogP contribution in [0.25, 0.3) is 0 Å². The minimum atomic E-state index is -4.75. The molecule has 0 spiro atoms. The number of alkyl halides is 3. The molecule has 1 aliphatic carbocycles. The molecule has 21 heavy (non-hydrogen) atoms. The lowest BCUT2D eigenvalue weighted by Gasteiger charge is -2.13. The second kappa shape index (κ2) is 5.38. The number of hydrogen-bond acceptors (Lipinski definition) is 3. The molecule has 0 amide bonds. The van der Waals surface area contributed by atoms with Crippen molar-refractivity contribution in [2.24, 2.45) is 0 Å². The summed E-state index contributed by atoms with van der Waals surface area (Å²) in [6.45, 7) is 0. The fourth-order valence-electron chi connectivity index (χ4n) is 2.04. The molecular formula is C14H12F4O3. The first-order chi connectivity index (χ1) is 9.76. The summed E-state index contributed by atoms with van der Waals surface area (Å²) in [6.07, 6.45) is -2.39. The summed E-state index contributed by atoms with van der Waals surface area (Å²) in [6, 6.07) is 5.17. The number of carbonyl (C=O) groups excluding carboxylic acids is 1. The molecule has 1 aromatic carbocycles. The minimum Gasteiger partial charge on any atom is -0.464 e. The van der Waals surface area contributed by atoms with Crippen LogP contribution in [0.4, 0.5) is 17.6 Å². The van der Waals surface area contributed by atoms with E-state index in [9.17, 15) is 22.4 Å². The summed E-state index contributed by atoms with van der Waals surface area (Å²) in [5.74, 6) is -2.43. The maximum atomic E-state index is 13.5. The van der Waals surface area contributed by atoms with Crippen LogP contribution in [0.1, 0.15) is 18.4 Å². The Bertz CT molecular complexity index is 557. The molecule has 1 aliphatic rings. The monoisotopic (exact) mass is 304 g/mol. The number of hydrogen-bond donors (Lipinski definition) is 0. The second-order valence-corrected chi connectivity index (χ2v) is 4.71. The molecule has 0 atom stereocenters. The molecule has 0 heterocycles. The SMILES string of the molecule is COC(=O)C(F)=CC1(c2ccc(OC(F)(F)F)cc2)CC1. The summed E-state index contributed by atoms with van der Waals surface area (Å²) >= 11 is 0. The Kier molecular flexibility index (Phi) is 3.93. The number of ether oxygens (including phenoxy) is 2. The van der Waals surface area contributed by atoms with Gasteiger partial charge in [0.2, 0.25) is 5.83 Å². The summed E-state index contributed by atoms with van der Waals surface area (Å²) in [5, 5.41) is 0. The van der Waals surface area contributed by atoms with Crippen molar-refractivity contribution in [1.82, 2.24) is 0 Å². The highest BCUT2D eigenvalue weighted by Crippen LogP contribution is 2.50. The van der Waals surface area contributed by atoms with Gasteiger partial charge in [-0.2, -0.15) is 4.39 Å². The Morgan fingerprint density at radius 2 is 1.81 bits per heavy atom. The minimum absolute atomic E-state index is 0.348. The number of allylic oxidation sites excluding steroid dienone is 1. The van der Waals surface area contributed by atoms with E-state index in [1.54, 1.807) is 0 Å². The van der Waals surface area contributed by atoms with Crippen LogP contribution in [-0.2, 0) is 14.9 Å². The van der Waals surface area contributed by atoms with Crippen molar-refractivity contribution in [2.75, 3.05) is 7.11 Å². The van der Waals surface area contributed by atoms with E-state index in [-0.39, 0.29) is 5.75 Å². The fraction of sp³-hybridized carbons (Fsp3) is 0.357. The first-order valence-electron chi connectivity index (χ1n) is 6.09. The van der Waals surface area contributed by atoms with Crippen LogP contribution in [0.3, 0.4) is 0 Å². The van der Waals surface area contributed by atoms with E-state index >= 15 is 0 Å². The van der Waals surface area contributed by atoms with Crippen LogP contribution in [-0.4, -0.2) is 19.4 Å². The van der Waals surface area contributed by atoms with Crippen molar-refractivity contribution < 1.29 is 31.8 Å². The Hall–Kier alpha value is -2.05. The molecule has 0 unspecified atom stereocenters. The number of carbonyl (C=O) groups is 1. The van der Waals surface area contributed by atoms with Crippen molar-refractivity contribution >= 4 is 5.97 Å². The van der Waals surface area contributed by atoms with Crippen molar-refractivity contribution in [2.45, 2.75) is 24.6 Å². The van der Waals surface area contributed by atoms with E-state index in [2.05, 4.69) is 9.47 Å². The zero-order valence-corrected chi connectivity index (χ0v) is 11.0. The molecule has 7 heteroatoms. The predicted octanol–water partition coefficient (Wildman–Crippen LogP) is 3.64. The van der Waals surface area contributed by atoms with E-state index < -0.39 is 23.6 Å². The molecule has 0 N–H and O–H groups in total. The first-order valence-corrected chi connectivity index (χ1v) is 6.09. The molecule has 0 saturated heterocycles. The Balaban J connectivity index is 2.17. The maximum absolute atomic E-state index is 13.5. The van der Waals surface area contributed by atoms with Gasteiger partial charge in [0.05, 0.1) is 7.11 Å². The third-order valence-corrected chi connectivity index (χ3v) is 3.23. The first kappa shape index (κ1) is 15.3. The van der Waals surface area contributed by atoms with Gasteiger partial charge in [-0.1, -0.05) is 12.1 Å². The molecule has 0 aromatic heterocycles. The third-order valence-electron chi connectivity index (χ3n) is 3.23. The van der Waals surface area contributed by atoms with Gasteiger partial charge in [-0.3, -0.25) is 0 Å². The molecule has 0 radical (unpaired) electrons. The van der Waals surface area contributed by atoms with Gasteiger partial charge >= 0.3 is 12.3 Å². The van der Waals surface area contributed by atoms with Gasteiger partial charge in [-0.25, -0.2) is 4.79 Å². The van der Waals surface area contributed by atoms with Crippen molar-refractivity contribution in [1.29, 1.82) is 0 Å². The third kappa shape index (κ3) is 3.74. The predicted molar refractivity (Wildman–Crippen MR) is 65.2 cm³/mol. The summed E-state index contributed by atoms with van der Waals surface area (Å²) < 4.78 is 57.7. The van der Waals surface area contributed by atoms with Gasteiger partial charge < -0.3 is 9.47 Å². The zero-order valence-electron chi connectivity index (χ0n) is 11.0. The molecule has 1 saturated carbocycles. The Morgan fingerprint density at radius 1 is 1.24 bits per heavy atom. The summed E-state index contributed by atoms with van der Waals surface area (Å²) in [5.41, 5.74) is -0.0363. The van der Waals surface area contributed by atoms with Crippen LogP contribution < -0.4 is 4.74 Å². The summed E-state index contributed by atoms with van der Waals surface area (Å²) in [4.78, 5) is 11.0. The largest absolute Gasteiger partial charge is 0.573 e.